The van der Waals surface area contributed by atoms with Gasteiger partial charge in [-0.15, -0.1) is 0 Å². The van der Waals surface area contributed by atoms with Crippen LogP contribution >= 0.6 is 15.9 Å². The van der Waals surface area contributed by atoms with Crippen LogP contribution in [0.1, 0.15) is 18.4 Å². The molecule has 92 valence electrons. The van der Waals surface area contributed by atoms with Gasteiger partial charge in [-0.1, -0.05) is 34.1 Å². The molecule has 3 nitrogen and oxygen atoms in total. The normalized spacial score (nSPS) is 20.1. The lowest BCUT2D eigenvalue weighted by Crippen LogP contribution is -2.46. The Labute approximate surface area is 110 Å². The molecule has 2 rings (SSSR count). The average molecular weight is 298 g/mol. The van der Waals surface area contributed by atoms with E-state index in [1.165, 1.54) is 0 Å². The summed E-state index contributed by atoms with van der Waals surface area (Å²) in [5.74, 6) is -0.711. The molecule has 0 aliphatic carbocycles. The number of carboxylic acid groups (broad SMARTS) is 1. The van der Waals surface area contributed by atoms with Gasteiger partial charge in [-0.05, 0) is 44.6 Å². The highest BCUT2D eigenvalue weighted by molar-refractivity contribution is 9.10. The van der Waals surface area contributed by atoms with E-state index in [0.29, 0.717) is 12.8 Å². The van der Waals surface area contributed by atoms with Crippen LogP contribution < -0.4 is 0 Å². The van der Waals surface area contributed by atoms with Gasteiger partial charge in [-0.2, -0.15) is 0 Å². The predicted molar refractivity (Wildman–Crippen MR) is 70.2 cm³/mol. The number of rotatable bonds is 2. The topological polar surface area (TPSA) is 40.5 Å². The van der Waals surface area contributed by atoms with Gasteiger partial charge in [-0.3, -0.25) is 4.79 Å². The second kappa shape index (κ2) is 4.78. The van der Waals surface area contributed by atoms with E-state index in [4.69, 9.17) is 0 Å². The standard InChI is InChI=1S/C13H16BrNO2/c1-15-8-6-13(7-9-15,12(16)17)10-4-2-3-5-11(10)14/h2-5H,6-9H2,1H3,(H,16,17). The molecule has 1 aromatic rings. The van der Waals surface area contributed by atoms with E-state index in [0.717, 1.165) is 23.1 Å². The van der Waals surface area contributed by atoms with E-state index in [1.807, 2.05) is 31.3 Å². The fourth-order valence-corrected chi connectivity index (χ4v) is 3.11. The SMILES string of the molecule is CN1CCC(C(=O)O)(c2ccccc2Br)CC1. The van der Waals surface area contributed by atoms with Crippen molar-refractivity contribution >= 4 is 21.9 Å². The number of hydrogen-bond acceptors (Lipinski definition) is 2. The number of likely N-dealkylation sites (tertiary alicyclic amines) is 1. The first-order valence-corrected chi connectivity index (χ1v) is 6.52. The van der Waals surface area contributed by atoms with Crippen molar-refractivity contribution in [1.29, 1.82) is 0 Å². The number of benzene rings is 1. The summed E-state index contributed by atoms with van der Waals surface area (Å²) in [6.45, 7) is 1.65. The maximum Gasteiger partial charge on any atom is 0.314 e. The van der Waals surface area contributed by atoms with E-state index in [1.54, 1.807) is 0 Å². The van der Waals surface area contributed by atoms with Crippen LogP contribution in [0.15, 0.2) is 28.7 Å². The van der Waals surface area contributed by atoms with E-state index >= 15 is 0 Å². The van der Waals surface area contributed by atoms with Crippen molar-refractivity contribution < 1.29 is 9.90 Å². The van der Waals surface area contributed by atoms with Gasteiger partial charge in [-0.25, -0.2) is 0 Å². The van der Waals surface area contributed by atoms with Crippen LogP contribution in [0.4, 0.5) is 0 Å². The Kier molecular flexibility index (Phi) is 3.54. The van der Waals surface area contributed by atoms with Gasteiger partial charge in [0.25, 0.3) is 0 Å². The van der Waals surface area contributed by atoms with Gasteiger partial charge in [0.15, 0.2) is 0 Å². The Morgan fingerprint density at radius 2 is 1.94 bits per heavy atom. The molecule has 0 atom stereocenters. The molecule has 1 fully saturated rings. The lowest BCUT2D eigenvalue weighted by molar-refractivity contribution is -0.145. The lowest BCUT2D eigenvalue weighted by Gasteiger charge is -2.38. The van der Waals surface area contributed by atoms with Crippen LogP contribution in [-0.4, -0.2) is 36.1 Å². The molecule has 0 unspecified atom stereocenters. The molecule has 1 heterocycles. The molecule has 4 heteroatoms. The first kappa shape index (κ1) is 12.6. The summed E-state index contributed by atoms with van der Waals surface area (Å²) in [5, 5.41) is 9.61. The van der Waals surface area contributed by atoms with E-state index < -0.39 is 11.4 Å². The van der Waals surface area contributed by atoms with Gasteiger partial charge in [0, 0.05) is 4.47 Å². The average Bonchev–Trinajstić information content (AvgIpc) is 2.31. The van der Waals surface area contributed by atoms with E-state index in [2.05, 4.69) is 20.8 Å². The number of carbonyl (C=O) groups is 1. The summed E-state index contributed by atoms with van der Waals surface area (Å²) in [5.41, 5.74) is 0.174. The summed E-state index contributed by atoms with van der Waals surface area (Å²) < 4.78 is 0.895. The van der Waals surface area contributed by atoms with Crippen molar-refractivity contribution in [3.05, 3.63) is 34.3 Å². The zero-order valence-corrected chi connectivity index (χ0v) is 11.4. The molecule has 0 amide bonds. The smallest absolute Gasteiger partial charge is 0.314 e. The lowest BCUT2D eigenvalue weighted by atomic mass is 9.73. The Morgan fingerprint density at radius 3 is 2.47 bits per heavy atom. The summed E-state index contributed by atoms with van der Waals surface area (Å²) >= 11 is 3.47. The van der Waals surface area contributed by atoms with Crippen molar-refractivity contribution in [1.82, 2.24) is 4.90 Å². The molecule has 0 saturated carbocycles. The molecule has 0 bridgehead atoms. The Bertz CT molecular complexity index is 425. The van der Waals surface area contributed by atoms with Crippen molar-refractivity contribution in [2.45, 2.75) is 18.3 Å². The zero-order valence-electron chi connectivity index (χ0n) is 9.82. The monoisotopic (exact) mass is 297 g/mol. The van der Waals surface area contributed by atoms with Gasteiger partial charge in [0.2, 0.25) is 0 Å². The Balaban J connectivity index is 2.42. The maximum atomic E-state index is 11.7. The van der Waals surface area contributed by atoms with E-state index in [9.17, 15) is 9.90 Å². The minimum absolute atomic E-state index is 0.668. The highest BCUT2D eigenvalue weighted by Crippen LogP contribution is 2.39. The van der Waals surface area contributed by atoms with Crippen LogP contribution in [0.5, 0.6) is 0 Å². The van der Waals surface area contributed by atoms with Gasteiger partial charge in [0.1, 0.15) is 0 Å². The number of nitrogens with zero attached hydrogens (tertiary/aromatic N) is 1. The van der Waals surface area contributed by atoms with Crippen LogP contribution in [0.2, 0.25) is 0 Å². The summed E-state index contributed by atoms with van der Waals surface area (Å²) in [7, 11) is 2.03. The van der Waals surface area contributed by atoms with Gasteiger partial charge < -0.3 is 10.0 Å². The number of aliphatic carboxylic acids is 1. The molecular weight excluding hydrogens is 282 g/mol. The first-order valence-electron chi connectivity index (χ1n) is 5.73. The molecule has 1 aliphatic rings. The van der Waals surface area contributed by atoms with E-state index in [-0.39, 0.29) is 0 Å². The molecule has 1 aliphatic heterocycles. The number of halogens is 1. The predicted octanol–water partition coefficient (Wildman–Crippen LogP) is 2.50. The molecule has 0 aromatic heterocycles. The minimum Gasteiger partial charge on any atom is -0.481 e. The molecule has 0 spiro atoms. The second-order valence-corrected chi connectivity index (χ2v) is 5.52. The number of piperidine rings is 1. The highest BCUT2D eigenvalue weighted by atomic mass is 79.9. The second-order valence-electron chi connectivity index (χ2n) is 4.67. The quantitative estimate of drug-likeness (QED) is 0.912. The van der Waals surface area contributed by atoms with Crippen LogP contribution in [0.25, 0.3) is 0 Å². The third-order valence-electron chi connectivity index (χ3n) is 3.64. The molecule has 1 saturated heterocycles. The van der Waals surface area contributed by atoms with Crippen molar-refractivity contribution in [2.24, 2.45) is 0 Å². The Hall–Kier alpha value is -0.870. The zero-order chi connectivity index (χ0) is 12.5. The van der Waals surface area contributed by atoms with Crippen molar-refractivity contribution in [2.75, 3.05) is 20.1 Å². The van der Waals surface area contributed by atoms with Crippen molar-refractivity contribution in [3.63, 3.8) is 0 Å². The molecule has 1 aromatic carbocycles. The van der Waals surface area contributed by atoms with Crippen LogP contribution in [0.3, 0.4) is 0 Å². The molecule has 17 heavy (non-hydrogen) atoms. The third kappa shape index (κ3) is 2.24. The third-order valence-corrected chi connectivity index (χ3v) is 4.33. The molecule has 1 N–H and O–H groups in total. The largest absolute Gasteiger partial charge is 0.481 e. The minimum atomic E-state index is -0.730. The fourth-order valence-electron chi connectivity index (χ4n) is 2.45. The molecule has 0 radical (unpaired) electrons. The number of hydrogen-bond donors (Lipinski definition) is 1. The fraction of sp³-hybridized carbons (Fsp3) is 0.462. The van der Waals surface area contributed by atoms with Gasteiger partial charge >= 0.3 is 5.97 Å². The summed E-state index contributed by atoms with van der Waals surface area (Å²) in [4.78, 5) is 13.9. The van der Waals surface area contributed by atoms with Gasteiger partial charge in [0.05, 0.1) is 5.41 Å². The first-order chi connectivity index (χ1) is 8.06. The van der Waals surface area contributed by atoms with Crippen molar-refractivity contribution in [3.8, 4) is 0 Å². The molecular formula is C13H16BrNO2. The summed E-state index contributed by atoms with van der Waals surface area (Å²) in [6, 6.07) is 7.66. The summed E-state index contributed by atoms with van der Waals surface area (Å²) in [6.07, 6.45) is 1.34. The van der Waals surface area contributed by atoms with Crippen LogP contribution in [0, 0.1) is 0 Å². The highest BCUT2D eigenvalue weighted by Gasteiger charge is 2.43. The van der Waals surface area contributed by atoms with Crippen LogP contribution in [-0.2, 0) is 10.2 Å². The number of carboxylic acids is 1. The Morgan fingerprint density at radius 1 is 1.35 bits per heavy atom. The maximum absolute atomic E-state index is 11.7.